The highest BCUT2D eigenvalue weighted by Gasteiger charge is 2.21. The van der Waals surface area contributed by atoms with Crippen molar-refractivity contribution in [1.82, 2.24) is 29.6 Å². The Kier molecular flexibility index (Phi) is 5.14. The number of anilines is 2. The first-order chi connectivity index (χ1) is 13.7. The van der Waals surface area contributed by atoms with Crippen molar-refractivity contribution in [3.05, 3.63) is 48.9 Å². The van der Waals surface area contributed by atoms with Crippen molar-refractivity contribution in [2.24, 2.45) is 7.05 Å². The summed E-state index contributed by atoms with van der Waals surface area (Å²) in [6, 6.07) is 9.16. The van der Waals surface area contributed by atoms with Gasteiger partial charge in [-0.2, -0.15) is 5.10 Å². The Balaban J connectivity index is 1.41. The Morgan fingerprint density at radius 2 is 1.79 bits per heavy atom. The van der Waals surface area contributed by atoms with Gasteiger partial charge in [0.1, 0.15) is 11.5 Å². The fourth-order valence-corrected chi connectivity index (χ4v) is 3.19. The van der Waals surface area contributed by atoms with Gasteiger partial charge >= 0.3 is 6.03 Å². The third-order valence-electron chi connectivity index (χ3n) is 4.66. The van der Waals surface area contributed by atoms with Gasteiger partial charge in [-0.05, 0) is 24.6 Å². The van der Waals surface area contributed by atoms with Crippen LogP contribution in [0.3, 0.4) is 0 Å². The number of hydrogen-bond acceptors (Lipinski definition) is 6. The summed E-state index contributed by atoms with van der Waals surface area (Å²) in [6.07, 6.45) is 6.05. The van der Waals surface area contributed by atoms with E-state index in [4.69, 9.17) is 0 Å². The molecule has 0 atom stereocenters. The molecule has 3 aromatic heterocycles. The van der Waals surface area contributed by atoms with E-state index in [9.17, 15) is 4.79 Å². The zero-order valence-electron chi connectivity index (χ0n) is 15.7. The molecule has 1 saturated heterocycles. The summed E-state index contributed by atoms with van der Waals surface area (Å²) >= 11 is 0. The number of pyridine rings is 1. The monoisotopic (exact) mass is 378 g/mol. The van der Waals surface area contributed by atoms with Crippen LogP contribution in [0, 0.1) is 0 Å². The van der Waals surface area contributed by atoms with E-state index in [1.807, 2.05) is 29.2 Å². The third kappa shape index (κ3) is 3.93. The molecule has 1 fully saturated rings. The van der Waals surface area contributed by atoms with Crippen molar-refractivity contribution < 1.29 is 4.79 Å². The number of aryl methyl sites for hydroxylation is 1. The van der Waals surface area contributed by atoms with E-state index in [-0.39, 0.29) is 6.03 Å². The van der Waals surface area contributed by atoms with Gasteiger partial charge in [-0.3, -0.25) is 15.0 Å². The summed E-state index contributed by atoms with van der Waals surface area (Å²) in [5.74, 6) is 1.34. The lowest BCUT2D eigenvalue weighted by atomic mass is 10.3. The molecule has 144 valence electrons. The predicted octanol–water partition coefficient (Wildman–Crippen LogP) is 2.02. The van der Waals surface area contributed by atoms with Crippen LogP contribution in [0.1, 0.15) is 6.42 Å². The number of nitrogens with one attached hydrogen (secondary N) is 1. The zero-order valence-corrected chi connectivity index (χ0v) is 15.7. The maximum absolute atomic E-state index is 12.8. The van der Waals surface area contributed by atoms with Crippen molar-refractivity contribution >= 4 is 17.8 Å². The van der Waals surface area contributed by atoms with E-state index in [0.29, 0.717) is 31.4 Å². The van der Waals surface area contributed by atoms with Gasteiger partial charge in [0, 0.05) is 57.9 Å². The van der Waals surface area contributed by atoms with Crippen molar-refractivity contribution in [2.45, 2.75) is 6.42 Å². The van der Waals surface area contributed by atoms with Gasteiger partial charge in [0.05, 0.1) is 5.69 Å². The fourth-order valence-electron chi connectivity index (χ4n) is 3.19. The minimum Gasteiger partial charge on any atom is -0.339 e. The van der Waals surface area contributed by atoms with Crippen LogP contribution in [0.25, 0.3) is 11.4 Å². The van der Waals surface area contributed by atoms with E-state index in [1.54, 1.807) is 36.4 Å². The van der Waals surface area contributed by atoms with Gasteiger partial charge in [0.15, 0.2) is 0 Å². The molecule has 9 heteroatoms. The standard InChI is InChI=1S/C19H22N8O/c1-25-17(14-16(24-25)15-6-2-3-7-20-15)23-19(28)27-11-5-10-26(12-13-27)18-21-8-4-9-22-18/h2-4,6-9,14H,5,10-13H2,1H3,(H,23,28). The first-order valence-corrected chi connectivity index (χ1v) is 9.24. The number of nitrogens with zero attached hydrogens (tertiary/aromatic N) is 7. The van der Waals surface area contributed by atoms with Crippen LogP contribution < -0.4 is 10.2 Å². The molecule has 0 spiro atoms. The minimum absolute atomic E-state index is 0.133. The highest BCUT2D eigenvalue weighted by Crippen LogP contribution is 2.19. The first-order valence-electron chi connectivity index (χ1n) is 9.24. The second-order valence-electron chi connectivity index (χ2n) is 6.56. The predicted molar refractivity (Wildman–Crippen MR) is 106 cm³/mol. The quantitative estimate of drug-likeness (QED) is 0.750. The van der Waals surface area contributed by atoms with Gasteiger partial charge < -0.3 is 9.80 Å². The molecule has 28 heavy (non-hydrogen) atoms. The molecule has 0 saturated carbocycles. The summed E-state index contributed by atoms with van der Waals surface area (Å²) in [5.41, 5.74) is 1.49. The topological polar surface area (TPSA) is 92.1 Å². The molecule has 4 rings (SSSR count). The van der Waals surface area contributed by atoms with Crippen LogP contribution in [0.15, 0.2) is 48.9 Å². The third-order valence-corrected chi connectivity index (χ3v) is 4.66. The molecular formula is C19H22N8O. The molecule has 2 amide bonds. The van der Waals surface area contributed by atoms with Gasteiger partial charge in [-0.1, -0.05) is 6.07 Å². The molecule has 9 nitrogen and oxygen atoms in total. The maximum atomic E-state index is 12.8. The van der Waals surface area contributed by atoms with Gasteiger partial charge in [-0.25, -0.2) is 14.8 Å². The molecule has 0 unspecified atom stereocenters. The number of hydrogen-bond donors (Lipinski definition) is 1. The maximum Gasteiger partial charge on any atom is 0.323 e. The van der Waals surface area contributed by atoms with Crippen molar-refractivity contribution in [3.63, 3.8) is 0 Å². The van der Waals surface area contributed by atoms with E-state index in [1.165, 1.54) is 0 Å². The smallest absolute Gasteiger partial charge is 0.323 e. The Labute approximate surface area is 163 Å². The lowest BCUT2D eigenvalue weighted by Crippen LogP contribution is -2.38. The number of aromatic nitrogens is 5. The molecule has 0 aromatic carbocycles. The van der Waals surface area contributed by atoms with Crippen LogP contribution in [0.5, 0.6) is 0 Å². The van der Waals surface area contributed by atoms with Gasteiger partial charge in [0.2, 0.25) is 5.95 Å². The van der Waals surface area contributed by atoms with E-state index >= 15 is 0 Å². The van der Waals surface area contributed by atoms with Crippen LogP contribution in [0.4, 0.5) is 16.6 Å². The average molecular weight is 378 g/mol. The first kappa shape index (κ1) is 17.9. The van der Waals surface area contributed by atoms with E-state index < -0.39 is 0 Å². The number of amides is 2. The normalized spacial score (nSPS) is 14.6. The highest BCUT2D eigenvalue weighted by atomic mass is 16.2. The second-order valence-corrected chi connectivity index (χ2v) is 6.56. The van der Waals surface area contributed by atoms with Crippen LogP contribution >= 0.6 is 0 Å². The molecule has 1 aliphatic heterocycles. The Morgan fingerprint density at radius 1 is 0.964 bits per heavy atom. The van der Waals surface area contributed by atoms with Crippen LogP contribution in [-0.2, 0) is 7.05 Å². The lowest BCUT2D eigenvalue weighted by Gasteiger charge is -2.22. The number of carbonyl (C=O) groups is 1. The molecule has 4 heterocycles. The van der Waals surface area contributed by atoms with E-state index in [2.05, 4.69) is 30.3 Å². The molecule has 0 aliphatic carbocycles. The van der Waals surface area contributed by atoms with Crippen molar-refractivity contribution in [3.8, 4) is 11.4 Å². The number of rotatable bonds is 3. The highest BCUT2D eigenvalue weighted by molar-refractivity contribution is 5.89. The molecule has 1 aliphatic rings. The van der Waals surface area contributed by atoms with Crippen molar-refractivity contribution in [2.75, 3.05) is 36.4 Å². The summed E-state index contributed by atoms with van der Waals surface area (Å²) < 4.78 is 1.66. The van der Waals surface area contributed by atoms with Gasteiger partial charge in [0.25, 0.3) is 0 Å². The summed E-state index contributed by atoms with van der Waals surface area (Å²) in [6.45, 7) is 2.81. The number of urea groups is 1. The van der Waals surface area contributed by atoms with Crippen LogP contribution in [-0.4, -0.2) is 61.8 Å². The average Bonchev–Trinajstić information content (AvgIpc) is 2.94. The minimum atomic E-state index is -0.133. The molecule has 0 bridgehead atoms. The Morgan fingerprint density at radius 3 is 2.57 bits per heavy atom. The Bertz CT molecular complexity index is 928. The zero-order chi connectivity index (χ0) is 19.3. The lowest BCUT2D eigenvalue weighted by molar-refractivity contribution is 0.215. The van der Waals surface area contributed by atoms with Crippen molar-refractivity contribution in [1.29, 1.82) is 0 Å². The molecular weight excluding hydrogens is 356 g/mol. The largest absolute Gasteiger partial charge is 0.339 e. The van der Waals surface area contributed by atoms with Gasteiger partial charge in [-0.15, -0.1) is 0 Å². The summed E-state index contributed by atoms with van der Waals surface area (Å²) in [5, 5.41) is 7.41. The Hall–Kier alpha value is -3.49. The van der Waals surface area contributed by atoms with Crippen LogP contribution in [0.2, 0.25) is 0 Å². The van der Waals surface area contributed by atoms with E-state index in [0.717, 1.165) is 24.4 Å². The SMILES string of the molecule is Cn1nc(-c2ccccn2)cc1NC(=O)N1CCCN(c2ncccn2)CC1. The number of carbonyl (C=O) groups excluding carboxylic acids is 1. The summed E-state index contributed by atoms with van der Waals surface area (Å²) in [7, 11) is 1.80. The second kappa shape index (κ2) is 8.03. The summed E-state index contributed by atoms with van der Waals surface area (Å²) in [4.78, 5) is 29.6. The molecule has 0 radical (unpaired) electrons. The fraction of sp³-hybridized carbons (Fsp3) is 0.316. The molecule has 3 aromatic rings. The molecule has 1 N–H and O–H groups in total.